The van der Waals surface area contributed by atoms with Gasteiger partial charge in [0.25, 0.3) is 0 Å². The van der Waals surface area contributed by atoms with Gasteiger partial charge in [-0.15, -0.1) is 5.10 Å². The second-order valence-electron chi connectivity index (χ2n) is 7.10. The summed E-state index contributed by atoms with van der Waals surface area (Å²) >= 11 is 0. The molecule has 0 saturated heterocycles. The standard InChI is InChI=1S/C17H28N8O8S/c1-18-13(26)8-7-11(17(30)31)20-16(29)10-19-14(27)6-3-9-34(32,33)23-15(28)5-2-4-12-21-24-25-22-12/h11H,2-10H2,1H3,(H,18,26)(H,19,27)(H,20,29)(H,23,28)(H,30,31)(H,21,22,24,25). The number of H-pyrrole nitrogens is 1. The highest BCUT2D eigenvalue weighted by Crippen LogP contribution is 2.01. The summed E-state index contributed by atoms with van der Waals surface area (Å²) in [6, 6.07) is -1.30. The molecule has 6 N–H and O–H groups in total. The van der Waals surface area contributed by atoms with Gasteiger partial charge in [0.05, 0.1) is 12.3 Å². The van der Waals surface area contributed by atoms with E-state index in [9.17, 15) is 32.4 Å². The van der Waals surface area contributed by atoms with Crippen LogP contribution in [0.15, 0.2) is 0 Å². The molecule has 34 heavy (non-hydrogen) atoms. The highest BCUT2D eigenvalue weighted by molar-refractivity contribution is 7.90. The molecule has 0 aromatic carbocycles. The van der Waals surface area contributed by atoms with Crippen molar-refractivity contribution in [3.63, 3.8) is 0 Å². The zero-order chi connectivity index (χ0) is 25.6. The second kappa shape index (κ2) is 14.5. The quantitative estimate of drug-likeness (QED) is 0.132. The number of tetrazole rings is 1. The number of nitrogens with one attached hydrogen (secondary N) is 5. The third-order valence-electron chi connectivity index (χ3n) is 4.31. The number of rotatable bonds is 16. The minimum Gasteiger partial charge on any atom is -0.480 e. The number of carboxylic acid groups (broad SMARTS) is 1. The van der Waals surface area contributed by atoms with Gasteiger partial charge in [-0.25, -0.2) is 18.3 Å². The molecule has 0 saturated carbocycles. The first-order valence-electron chi connectivity index (χ1n) is 10.3. The van der Waals surface area contributed by atoms with E-state index >= 15 is 0 Å². The van der Waals surface area contributed by atoms with Crippen LogP contribution in [0.2, 0.25) is 0 Å². The van der Waals surface area contributed by atoms with Gasteiger partial charge in [0.15, 0.2) is 0 Å². The van der Waals surface area contributed by atoms with E-state index in [0.29, 0.717) is 18.7 Å². The van der Waals surface area contributed by atoms with Crippen LogP contribution in [0.5, 0.6) is 0 Å². The Hall–Kier alpha value is -3.63. The first kappa shape index (κ1) is 28.4. The van der Waals surface area contributed by atoms with Crippen molar-refractivity contribution >= 4 is 39.6 Å². The van der Waals surface area contributed by atoms with Gasteiger partial charge in [-0.1, -0.05) is 0 Å². The number of carbonyl (C=O) groups excluding carboxylic acids is 4. The van der Waals surface area contributed by atoms with E-state index in [4.69, 9.17) is 5.11 Å². The van der Waals surface area contributed by atoms with Crippen molar-refractivity contribution in [3.8, 4) is 0 Å². The highest BCUT2D eigenvalue weighted by atomic mass is 32.2. The fourth-order valence-corrected chi connectivity index (χ4v) is 3.65. The molecule has 1 unspecified atom stereocenters. The summed E-state index contributed by atoms with van der Waals surface area (Å²) in [5.41, 5.74) is 0. The molecule has 16 nitrogen and oxygen atoms in total. The summed E-state index contributed by atoms with van der Waals surface area (Å²) in [5.74, 6) is -3.83. The summed E-state index contributed by atoms with van der Waals surface area (Å²) in [5, 5.41) is 28.8. The van der Waals surface area contributed by atoms with Gasteiger partial charge in [0, 0.05) is 32.7 Å². The van der Waals surface area contributed by atoms with Gasteiger partial charge in [-0.3, -0.25) is 23.9 Å². The molecule has 190 valence electrons. The molecule has 1 atom stereocenters. The Morgan fingerprint density at radius 2 is 1.71 bits per heavy atom. The molecule has 0 radical (unpaired) electrons. The number of carboxylic acids is 1. The van der Waals surface area contributed by atoms with E-state index < -0.39 is 52.1 Å². The van der Waals surface area contributed by atoms with Crippen LogP contribution in [0, 0.1) is 0 Å². The third kappa shape index (κ3) is 12.4. The first-order valence-corrected chi connectivity index (χ1v) is 11.9. The summed E-state index contributed by atoms with van der Waals surface area (Å²) in [4.78, 5) is 57.8. The molecule has 0 aliphatic rings. The van der Waals surface area contributed by atoms with E-state index in [1.807, 2.05) is 4.72 Å². The van der Waals surface area contributed by atoms with Gasteiger partial charge < -0.3 is 21.1 Å². The van der Waals surface area contributed by atoms with Gasteiger partial charge in [0.2, 0.25) is 33.7 Å². The van der Waals surface area contributed by atoms with Crippen LogP contribution >= 0.6 is 0 Å². The minimum absolute atomic E-state index is 0.0595. The molecule has 0 aliphatic carbocycles. The van der Waals surface area contributed by atoms with Gasteiger partial charge in [-0.05, 0) is 29.7 Å². The Labute approximate surface area is 195 Å². The summed E-state index contributed by atoms with van der Waals surface area (Å²) in [6.07, 6.45) is 0.0614. The van der Waals surface area contributed by atoms with E-state index in [1.54, 1.807) is 0 Å². The lowest BCUT2D eigenvalue weighted by molar-refractivity contribution is -0.142. The van der Waals surface area contributed by atoms with Crippen molar-refractivity contribution in [2.75, 3.05) is 19.3 Å². The Morgan fingerprint density at radius 1 is 1.00 bits per heavy atom. The Kier molecular flexibility index (Phi) is 12.1. The number of hydrogen-bond donors (Lipinski definition) is 6. The maximum Gasteiger partial charge on any atom is 0.326 e. The zero-order valence-corrected chi connectivity index (χ0v) is 19.3. The lowest BCUT2D eigenvalue weighted by Crippen LogP contribution is -2.46. The second-order valence-corrected chi connectivity index (χ2v) is 8.94. The molecular formula is C17H28N8O8S. The number of nitrogens with zero attached hydrogens (tertiary/aromatic N) is 3. The number of amides is 4. The maximum absolute atomic E-state index is 11.9. The number of sulfonamides is 1. The smallest absolute Gasteiger partial charge is 0.326 e. The molecule has 1 aromatic heterocycles. The van der Waals surface area contributed by atoms with E-state index in [1.165, 1.54) is 7.05 Å². The fraction of sp³-hybridized carbons (Fsp3) is 0.647. The first-order chi connectivity index (χ1) is 16.0. The molecule has 0 bridgehead atoms. The number of aryl methyl sites for hydroxylation is 1. The van der Waals surface area contributed by atoms with Crippen molar-refractivity contribution in [3.05, 3.63) is 5.82 Å². The molecule has 1 aromatic rings. The summed E-state index contributed by atoms with van der Waals surface area (Å²) in [7, 11) is -2.54. The SMILES string of the molecule is CNC(=O)CCC(NC(=O)CNC(=O)CCCS(=O)(=O)NC(=O)CCCc1nnn[nH]1)C(=O)O. The lowest BCUT2D eigenvalue weighted by Gasteiger charge is -2.14. The number of hydrogen-bond acceptors (Lipinski definition) is 10. The predicted molar refractivity (Wildman–Crippen MR) is 114 cm³/mol. The number of aromatic nitrogens is 4. The Balaban J connectivity index is 2.26. The van der Waals surface area contributed by atoms with Crippen LogP contribution in [-0.4, -0.2) is 89.1 Å². The van der Waals surface area contributed by atoms with Crippen molar-refractivity contribution in [1.82, 2.24) is 41.3 Å². The predicted octanol–water partition coefficient (Wildman–Crippen LogP) is -3.04. The van der Waals surface area contributed by atoms with E-state index in [0.717, 1.165) is 0 Å². The topological polar surface area (TPSA) is 242 Å². The van der Waals surface area contributed by atoms with Crippen LogP contribution < -0.4 is 20.7 Å². The third-order valence-corrected chi connectivity index (χ3v) is 5.68. The Bertz CT molecular complexity index is 951. The normalized spacial score (nSPS) is 11.8. The summed E-state index contributed by atoms with van der Waals surface area (Å²) in [6.45, 7) is -0.521. The maximum atomic E-state index is 11.9. The Morgan fingerprint density at radius 3 is 2.32 bits per heavy atom. The molecule has 0 aliphatic heterocycles. The van der Waals surface area contributed by atoms with Crippen molar-refractivity contribution in [2.24, 2.45) is 0 Å². The lowest BCUT2D eigenvalue weighted by atomic mass is 10.1. The molecule has 0 fully saturated rings. The molecule has 1 rings (SSSR count). The van der Waals surface area contributed by atoms with Crippen LogP contribution in [0.25, 0.3) is 0 Å². The van der Waals surface area contributed by atoms with Gasteiger partial charge in [0.1, 0.15) is 11.9 Å². The van der Waals surface area contributed by atoms with Crippen molar-refractivity contribution in [1.29, 1.82) is 0 Å². The van der Waals surface area contributed by atoms with Crippen LogP contribution in [0.4, 0.5) is 0 Å². The molecule has 1 heterocycles. The molecule has 0 spiro atoms. The average molecular weight is 505 g/mol. The van der Waals surface area contributed by atoms with Crippen LogP contribution in [0.1, 0.15) is 44.3 Å². The average Bonchev–Trinajstić information content (AvgIpc) is 3.27. The van der Waals surface area contributed by atoms with Gasteiger partial charge in [-0.2, -0.15) is 0 Å². The number of aliphatic carboxylic acids is 1. The minimum atomic E-state index is -3.94. The van der Waals surface area contributed by atoms with Crippen LogP contribution in [-0.2, 0) is 40.4 Å². The highest BCUT2D eigenvalue weighted by Gasteiger charge is 2.21. The number of aromatic amines is 1. The van der Waals surface area contributed by atoms with Crippen molar-refractivity contribution < 1.29 is 37.5 Å². The molecule has 17 heteroatoms. The largest absolute Gasteiger partial charge is 0.480 e. The molecular weight excluding hydrogens is 476 g/mol. The monoisotopic (exact) mass is 504 g/mol. The summed E-state index contributed by atoms with van der Waals surface area (Å²) < 4.78 is 25.8. The van der Waals surface area contributed by atoms with E-state index in [2.05, 4.69) is 36.6 Å². The van der Waals surface area contributed by atoms with E-state index in [-0.39, 0.29) is 38.0 Å². The zero-order valence-electron chi connectivity index (χ0n) is 18.5. The van der Waals surface area contributed by atoms with Gasteiger partial charge >= 0.3 is 5.97 Å². The van der Waals surface area contributed by atoms with Crippen LogP contribution in [0.3, 0.4) is 0 Å². The number of carbonyl (C=O) groups is 5. The fourth-order valence-electron chi connectivity index (χ4n) is 2.57. The van der Waals surface area contributed by atoms with Crippen molar-refractivity contribution in [2.45, 2.75) is 51.0 Å². The molecule has 4 amide bonds.